The molecule has 0 unspecified atom stereocenters. The van der Waals surface area contributed by atoms with E-state index in [0.717, 1.165) is 12.8 Å². The highest BCUT2D eigenvalue weighted by Crippen LogP contribution is 2.45. The number of rotatable bonds is 4. The Hall–Kier alpha value is -1.09. The zero-order valence-electron chi connectivity index (χ0n) is 8.37. The van der Waals surface area contributed by atoms with Gasteiger partial charge in [-0.3, -0.25) is 9.78 Å². The third-order valence-corrected chi connectivity index (χ3v) is 3.33. The summed E-state index contributed by atoms with van der Waals surface area (Å²) in [4.78, 5) is 15.6. The van der Waals surface area contributed by atoms with Crippen LogP contribution in [-0.4, -0.2) is 23.3 Å². The van der Waals surface area contributed by atoms with Crippen molar-refractivity contribution in [2.45, 2.75) is 12.8 Å². The highest BCUT2D eigenvalue weighted by molar-refractivity contribution is 6.18. The Morgan fingerprint density at radius 3 is 2.87 bits per heavy atom. The Balaban J connectivity index is 1.88. The molecule has 1 aromatic rings. The van der Waals surface area contributed by atoms with Gasteiger partial charge in [-0.15, -0.1) is 11.6 Å². The van der Waals surface area contributed by atoms with E-state index >= 15 is 0 Å². The topological polar surface area (TPSA) is 42.0 Å². The van der Waals surface area contributed by atoms with E-state index in [1.165, 1.54) is 0 Å². The number of carbonyl (C=O) groups is 1. The van der Waals surface area contributed by atoms with E-state index in [2.05, 4.69) is 10.3 Å². The lowest BCUT2D eigenvalue weighted by molar-refractivity contribution is 0.0941. The van der Waals surface area contributed by atoms with Crippen molar-refractivity contribution in [1.29, 1.82) is 0 Å². The summed E-state index contributed by atoms with van der Waals surface area (Å²) in [6.45, 7) is 0.659. The minimum atomic E-state index is -0.119. The maximum Gasteiger partial charge on any atom is 0.269 e. The molecule has 0 spiro atoms. The van der Waals surface area contributed by atoms with Crippen LogP contribution in [0.1, 0.15) is 23.3 Å². The molecular formula is C11H13ClN2O. The average Bonchev–Trinajstić information content (AvgIpc) is 3.08. The van der Waals surface area contributed by atoms with Crippen molar-refractivity contribution in [2.75, 3.05) is 12.4 Å². The number of carbonyl (C=O) groups excluding carboxylic acids is 1. The summed E-state index contributed by atoms with van der Waals surface area (Å²) >= 11 is 5.82. The molecule has 4 heteroatoms. The highest BCUT2D eigenvalue weighted by Gasteiger charge is 2.41. The molecule has 0 radical (unpaired) electrons. The SMILES string of the molecule is O=C(NCC1(CCl)CC1)c1ccccn1. The van der Waals surface area contributed by atoms with Crippen LogP contribution < -0.4 is 5.32 Å². The van der Waals surface area contributed by atoms with Crippen molar-refractivity contribution in [2.24, 2.45) is 5.41 Å². The van der Waals surface area contributed by atoms with E-state index in [9.17, 15) is 4.79 Å². The highest BCUT2D eigenvalue weighted by atomic mass is 35.5. The van der Waals surface area contributed by atoms with Crippen LogP contribution in [0.5, 0.6) is 0 Å². The number of amides is 1. The Kier molecular flexibility index (Phi) is 2.91. The number of hydrogen-bond donors (Lipinski definition) is 1. The van der Waals surface area contributed by atoms with E-state index < -0.39 is 0 Å². The molecular weight excluding hydrogens is 212 g/mol. The van der Waals surface area contributed by atoms with Gasteiger partial charge in [-0.1, -0.05) is 6.07 Å². The summed E-state index contributed by atoms with van der Waals surface area (Å²) in [6.07, 6.45) is 3.83. The molecule has 0 bridgehead atoms. The number of alkyl halides is 1. The molecule has 1 N–H and O–H groups in total. The molecule has 0 aliphatic heterocycles. The molecule has 0 aromatic carbocycles. The summed E-state index contributed by atoms with van der Waals surface area (Å²) in [5.41, 5.74) is 0.620. The lowest BCUT2D eigenvalue weighted by Crippen LogP contribution is -2.31. The Morgan fingerprint density at radius 1 is 1.53 bits per heavy atom. The number of aromatic nitrogens is 1. The molecule has 1 amide bonds. The number of nitrogens with one attached hydrogen (secondary N) is 1. The van der Waals surface area contributed by atoms with E-state index in [1.54, 1.807) is 24.4 Å². The smallest absolute Gasteiger partial charge is 0.269 e. The first kappa shape index (κ1) is 10.4. The van der Waals surface area contributed by atoms with Gasteiger partial charge in [0, 0.05) is 24.0 Å². The fraction of sp³-hybridized carbons (Fsp3) is 0.455. The molecule has 1 saturated carbocycles. The summed E-state index contributed by atoms with van der Waals surface area (Å²) in [5, 5.41) is 2.87. The summed E-state index contributed by atoms with van der Waals surface area (Å²) in [5.74, 6) is 0.502. The zero-order chi connectivity index (χ0) is 10.7. The van der Waals surface area contributed by atoms with E-state index in [-0.39, 0.29) is 11.3 Å². The van der Waals surface area contributed by atoms with Crippen LogP contribution in [0.4, 0.5) is 0 Å². The van der Waals surface area contributed by atoms with E-state index in [1.807, 2.05) is 0 Å². The summed E-state index contributed by atoms with van der Waals surface area (Å²) in [6, 6.07) is 5.30. The molecule has 3 nitrogen and oxygen atoms in total. The lowest BCUT2D eigenvalue weighted by atomic mass is 10.1. The maximum atomic E-state index is 11.6. The van der Waals surface area contributed by atoms with Crippen LogP contribution in [0, 0.1) is 5.41 Å². The summed E-state index contributed by atoms with van der Waals surface area (Å²) in [7, 11) is 0. The van der Waals surface area contributed by atoms with Crippen molar-refractivity contribution >= 4 is 17.5 Å². The monoisotopic (exact) mass is 224 g/mol. The van der Waals surface area contributed by atoms with Gasteiger partial charge in [0.1, 0.15) is 5.69 Å². The van der Waals surface area contributed by atoms with Crippen LogP contribution in [0.25, 0.3) is 0 Å². The quantitative estimate of drug-likeness (QED) is 0.793. The Morgan fingerprint density at radius 2 is 2.33 bits per heavy atom. The van der Waals surface area contributed by atoms with Crippen LogP contribution >= 0.6 is 11.6 Å². The molecule has 2 rings (SSSR count). The molecule has 1 aliphatic rings. The second-order valence-corrected chi connectivity index (χ2v) is 4.30. The first-order valence-electron chi connectivity index (χ1n) is 5.01. The van der Waals surface area contributed by atoms with Crippen LogP contribution in [0.3, 0.4) is 0 Å². The number of hydrogen-bond acceptors (Lipinski definition) is 2. The molecule has 1 aromatic heterocycles. The second kappa shape index (κ2) is 4.19. The molecule has 1 aliphatic carbocycles. The van der Waals surface area contributed by atoms with Gasteiger partial charge in [-0.2, -0.15) is 0 Å². The van der Waals surface area contributed by atoms with Gasteiger partial charge in [0.25, 0.3) is 5.91 Å². The molecule has 0 saturated heterocycles. The van der Waals surface area contributed by atoms with Crippen LogP contribution in [0.15, 0.2) is 24.4 Å². The average molecular weight is 225 g/mol. The molecule has 1 fully saturated rings. The van der Waals surface area contributed by atoms with Gasteiger partial charge in [-0.05, 0) is 25.0 Å². The largest absolute Gasteiger partial charge is 0.350 e. The normalized spacial score (nSPS) is 17.1. The van der Waals surface area contributed by atoms with Gasteiger partial charge in [0.2, 0.25) is 0 Å². The van der Waals surface area contributed by atoms with Gasteiger partial charge in [0.05, 0.1) is 0 Å². The first-order chi connectivity index (χ1) is 7.26. The standard InChI is InChI=1S/C11H13ClN2O/c12-7-11(4-5-11)8-14-10(15)9-3-1-2-6-13-9/h1-3,6H,4-5,7-8H2,(H,14,15). The minimum absolute atomic E-state index is 0.119. The lowest BCUT2D eigenvalue weighted by Gasteiger charge is -2.11. The number of nitrogens with zero attached hydrogens (tertiary/aromatic N) is 1. The molecule has 0 atom stereocenters. The minimum Gasteiger partial charge on any atom is -0.350 e. The predicted molar refractivity (Wildman–Crippen MR) is 59.0 cm³/mol. The van der Waals surface area contributed by atoms with Gasteiger partial charge in [-0.25, -0.2) is 0 Å². The summed E-state index contributed by atoms with van der Waals surface area (Å²) < 4.78 is 0. The predicted octanol–water partition coefficient (Wildman–Crippen LogP) is 1.83. The fourth-order valence-corrected chi connectivity index (χ4v) is 1.75. The van der Waals surface area contributed by atoms with Crippen LogP contribution in [0.2, 0.25) is 0 Å². The van der Waals surface area contributed by atoms with Crippen molar-refractivity contribution < 1.29 is 4.79 Å². The Labute approximate surface area is 93.8 Å². The van der Waals surface area contributed by atoms with Crippen molar-refractivity contribution in [1.82, 2.24) is 10.3 Å². The first-order valence-corrected chi connectivity index (χ1v) is 5.54. The second-order valence-electron chi connectivity index (χ2n) is 4.03. The van der Waals surface area contributed by atoms with Gasteiger partial charge >= 0.3 is 0 Å². The number of pyridine rings is 1. The fourth-order valence-electron chi connectivity index (χ4n) is 1.39. The molecule has 15 heavy (non-hydrogen) atoms. The van der Waals surface area contributed by atoms with E-state index in [4.69, 9.17) is 11.6 Å². The van der Waals surface area contributed by atoms with Gasteiger partial charge in [0.15, 0.2) is 0 Å². The van der Waals surface area contributed by atoms with E-state index in [0.29, 0.717) is 18.1 Å². The van der Waals surface area contributed by atoms with Gasteiger partial charge < -0.3 is 5.32 Å². The third kappa shape index (κ3) is 2.48. The molecule has 1 heterocycles. The Bertz CT molecular complexity index is 349. The third-order valence-electron chi connectivity index (χ3n) is 2.76. The van der Waals surface area contributed by atoms with Crippen LogP contribution in [-0.2, 0) is 0 Å². The van der Waals surface area contributed by atoms with Crippen molar-refractivity contribution in [3.05, 3.63) is 30.1 Å². The maximum absolute atomic E-state index is 11.6. The van der Waals surface area contributed by atoms with Crippen molar-refractivity contribution in [3.8, 4) is 0 Å². The zero-order valence-corrected chi connectivity index (χ0v) is 9.13. The number of halogens is 1. The van der Waals surface area contributed by atoms with Crippen molar-refractivity contribution in [3.63, 3.8) is 0 Å². The molecule has 80 valence electrons.